The standard InChI is InChI=1S/C14H16N2O5/c1-4-15-13(18)11-7-5-9(20-2)10(21-3)6-8(7)12(17)16-14(11)19/h5-6H,4H2,1-3H3,(H,15,18)(H2,16,17,19)/p-1. The number of aromatic nitrogens is 1. The first-order valence-corrected chi connectivity index (χ1v) is 6.30. The van der Waals surface area contributed by atoms with Crippen LogP contribution in [-0.2, 0) is 0 Å². The van der Waals surface area contributed by atoms with Gasteiger partial charge in [0.15, 0.2) is 11.5 Å². The fourth-order valence-corrected chi connectivity index (χ4v) is 2.10. The summed E-state index contributed by atoms with van der Waals surface area (Å²) in [5.74, 6) is -0.599. The first-order chi connectivity index (χ1) is 10.0. The second-order valence-corrected chi connectivity index (χ2v) is 4.27. The zero-order valence-corrected chi connectivity index (χ0v) is 11.9. The summed E-state index contributed by atoms with van der Waals surface area (Å²) < 4.78 is 10.3. The summed E-state index contributed by atoms with van der Waals surface area (Å²) in [6.45, 7) is 2.10. The first-order valence-electron chi connectivity index (χ1n) is 6.30. The quantitative estimate of drug-likeness (QED) is 0.847. The van der Waals surface area contributed by atoms with Crippen molar-refractivity contribution >= 4 is 16.7 Å². The Bertz CT molecular complexity index is 751. The van der Waals surface area contributed by atoms with Crippen LogP contribution in [0.5, 0.6) is 17.4 Å². The van der Waals surface area contributed by atoms with Gasteiger partial charge in [-0.2, -0.15) is 0 Å². The van der Waals surface area contributed by atoms with Crippen LogP contribution in [0.15, 0.2) is 16.9 Å². The van der Waals surface area contributed by atoms with Crippen molar-refractivity contribution in [2.75, 3.05) is 20.8 Å². The maximum absolute atomic E-state index is 12.0. The van der Waals surface area contributed by atoms with Gasteiger partial charge in [-0.15, -0.1) is 0 Å². The molecule has 1 heterocycles. The summed E-state index contributed by atoms with van der Waals surface area (Å²) in [6, 6.07) is 2.89. The number of H-pyrrole nitrogens is 1. The number of ether oxygens (including phenoxy) is 2. The Morgan fingerprint density at radius 1 is 1.24 bits per heavy atom. The highest BCUT2D eigenvalue weighted by atomic mass is 16.5. The molecule has 0 unspecified atom stereocenters. The van der Waals surface area contributed by atoms with Crippen molar-refractivity contribution in [2.45, 2.75) is 6.92 Å². The summed E-state index contributed by atoms with van der Waals surface area (Å²) in [6.07, 6.45) is 0. The van der Waals surface area contributed by atoms with Crippen molar-refractivity contribution in [3.8, 4) is 17.4 Å². The Balaban J connectivity index is 2.85. The molecule has 0 radical (unpaired) electrons. The molecule has 1 aromatic heterocycles. The topological polar surface area (TPSA) is 103 Å². The minimum absolute atomic E-state index is 0.118. The number of hydrogen-bond acceptors (Lipinski definition) is 5. The summed E-state index contributed by atoms with van der Waals surface area (Å²) in [7, 11) is 2.87. The third kappa shape index (κ3) is 2.49. The molecule has 0 saturated heterocycles. The number of aromatic amines is 1. The molecule has 21 heavy (non-hydrogen) atoms. The van der Waals surface area contributed by atoms with Gasteiger partial charge in [0, 0.05) is 11.9 Å². The van der Waals surface area contributed by atoms with E-state index < -0.39 is 17.3 Å². The van der Waals surface area contributed by atoms with Crippen LogP contribution in [0, 0.1) is 0 Å². The Hall–Kier alpha value is -2.70. The average molecular weight is 291 g/mol. The number of benzene rings is 1. The zero-order valence-electron chi connectivity index (χ0n) is 11.9. The molecule has 7 heteroatoms. The number of carbonyl (C=O) groups is 1. The Morgan fingerprint density at radius 2 is 1.81 bits per heavy atom. The average Bonchev–Trinajstić information content (AvgIpc) is 2.46. The van der Waals surface area contributed by atoms with Gasteiger partial charge < -0.3 is 24.9 Å². The van der Waals surface area contributed by atoms with Crippen molar-refractivity contribution in [3.63, 3.8) is 0 Å². The van der Waals surface area contributed by atoms with Gasteiger partial charge in [-0.05, 0) is 24.9 Å². The van der Waals surface area contributed by atoms with E-state index in [2.05, 4.69) is 10.3 Å². The van der Waals surface area contributed by atoms with E-state index in [0.29, 0.717) is 18.0 Å². The van der Waals surface area contributed by atoms with Gasteiger partial charge in [0.1, 0.15) is 0 Å². The smallest absolute Gasteiger partial charge is 0.255 e. The van der Waals surface area contributed by atoms with Crippen molar-refractivity contribution in [1.29, 1.82) is 0 Å². The summed E-state index contributed by atoms with van der Waals surface area (Å²) in [5, 5.41) is 14.9. The lowest BCUT2D eigenvalue weighted by Gasteiger charge is -2.17. The van der Waals surface area contributed by atoms with E-state index in [1.165, 1.54) is 26.4 Å². The van der Waals surface area contributed by atoms with Crippen LogP contribution in [0.1, 0.15) is 17.3 Å². The van der Waals surface area contributed by atoms with E-state index in [4.69, 9.17) is 9.47 Å². The number of hydrogen-bond donors (Lipinski definition) is 2. The Labute approximate surface area is 120 Å². The Kier molecular flexibility index (Phi) is 4.02. The molecule has 1 amide bonds. The molecular weight excluding hydrogens is 276 g/mol. The van der Waals surface area contributed by atoms with Crippen molar-refractivity contribution in [1.82, 2.24) is 10.3 Å². The number of fused-ring (bicyclic) bond motifs is 1. The number of amides is 1. The molecule has 0 saturated carbocycles. The second-order valence-electron chi connectivity index (χ2n) is 4.27. The lowest BCUT2D eigenvalue weighted by Crippen LogP contribution is -2.26. The molecule has 0 bridgehead atoms. The van der Waals surface area contributed by atoms with E-state index in [1.807, 2.05) is 0 Å². The highest BCUT2D eigenvalue weighted by molar-refractivity contribution is 6.09. The lowest BCUT2D eigenvalue weighted by molar-refractivity contribution is -0.275. The van der Waals surface area contributed by atoms with Gasteiger partial charge >= 0.3 is 0 Å². The van der Waals surface area contributed by atoms with E-state index in [0.717, 1.165) is 0 Å². The van der Waals surface area contributed by atoms with Crippen molar-refractivity contribution < 1.29 is 19.4 Å². The highest BCUT2D eigenvalue weighted by Gasteiger charge is 2.16. The van der Waals surface area contributed by atoms with Gasteiger partial charge in [0.05, 0.1) is 25.2 Å². The molecule has 0 fully saturated rings. The molecule has 2 aromatic rings. The van der Waals surface area contributed by atoms with E-state index in [-0.39, 0.29) is 16.3 Å². The third-order valence-electron chi connectivity index (χ3n) is 3.06. The molecule has 7 nitrogen and oxygen atoms in total. The van der Waals surface area contributed by atoms with Crippen molar-refractivity contribution in [2.24, 2.45) is 0 Å². The maximum atomic E-state index is 12.0. The molecule has 1 aromatic carbocycles. The molecule has 0 atom stereocenters. The normalized spacial score (nSPS) is 10.4. The molecule has 2 rings (SSSR count). The van der Waals surface area contributed by atoms with Crippen LogP contribution in [0.25, 0.3) is 10.8 Å². The molecule has 2 N–H and O–H groups in total. The first kappa shape index (κ1) is 14.7. The Morgan fingerprint density at radius 3 is 2.33 bits per heavy atom. The minimum Gasteiger partial charge on any atom is -0.860 e. The summed E-state index contributed by atoms with van der Waals surface area (Å²) >= 11 is 0. The number of carbonyl (C=O) groups excluding carboxylic acids is 1. The van der Waals surface area contributed by atoms with Gasteiger partial charge in [-0.1, -0.05) is 0 Å². The largest absolute Gasteiger partial charge is 0.860 e. The van der Waals surface area contributed by atoms with Crippen LogP contribution in [0.2, 0.25) is 0 Å². The summed E-state index contributed by atoms with van der Waals surface area (Å²) in [5.41, 5.74) is -0.698. The highest BCUT2D eigenvalue weighted by Crippen LogP contribution is 2.33. The predicted molar refractivity (Wildman–Crippen MR) is 75.1 cm³/mol. The number of pyridine rings is 1. The molecular formula is C14H15N2O5-. The summed E-state index contributed by atoms with van der Waals surface area (Å²) in [4.78, 5) is 26.1. The molecule has 0 spiro atoms. The lowest BCUT2D eigenvalue weighted by atomic mass is 10.1. The maximum Gasteiger partial charge on any atom is 0.255 e. The van der Waals surface area contributed by atoms with Crippen LogP contribution < -0.4 is 25.5 Å². The van der Waals surface area contributed by atoms with Gasteiger partial charge in [0.2, 0.25) is 0 Å². The number of rotatable bonds is 4. The number of nitrogens with one attached hydrogen (secondary N) is 2. The predicted octanol–water partition coefficient (Wildman–Crippen LogP) is 0.369. The minimum atomic E-state index is -0.731. The van der Waals surface area contributed by atoms with Gasteiger partial charge in [0.25, 0.3) is 11.5 Å². The second kappa shape index (κ2) is 5.74. The monoisotopic (exact) mass is 291 g/mol. The van der Waals surface area contributed by atoms with E-state index in [1.54, 1.807) is 6.92 Å². The van der Waals surface area contributed by atoms with E-state index in [9.17, 15) is 14.7 Å². The molecule has 0 aliphatic rings. The van der Waals surface area contributed by atoms with E-state index >= 15 is 0 Å². The molecule has 0 aliphatic heterocycles. The SMILES string of the molecule is CCNC(=O)c1c([O-])[nH]c(=O)c2cc(OC)c(OC)cc12. The molecule has 0 aliphatic carbocycles. The third-order valence-corrected chi connectivity index (χ3v) is 3.06. The fraction of sp³-hybridized carbons (Fsp3) is 0.286. The van der Waals surface area contributed by atoms with Crippen LogP contribution in [0.4, 0.5) is 0 Å². The van der Waals surface area contributed by atoms with Gasteiger partial charge in [-0.25, -0.2) is 0 Å². The van der Waals surface area contributed by atoms with Crippen LogP contribution in [0.3, 0.4) is 0 Å². The zero-order chi connectivity index (χ0) is 15.6. The van der Waals surface area contributed by atoms with Crippen molar-refractivity contribution in [3.05, 3.63) is 28.0 Å². The molecule has 112 valence electrons. The van der Waals surface area contributed by atoms with Crippen LogP contribution in [-0.4, -0.2) is 31.7 Å². The fourth-order valence-electron chi connectivity index (χ4n) is 2.10. The van der Waals surface area contributed by atoms with Gasteiger partial charge in [-0.3, -0.25) is 9.59 Å². The van der Waals surface area contributed by atoms with Crippen LogP contribution >= 0.6 is 0 Å². The number of methoxy groups -OCH3 is 2.